The quantitative estimate of drug-likeness (QED) is 0.397. The fourth-order valence-electron chi connectivity index (χ4n) is 1.14. The van der Waals surface area contributed by atoms with Crippen LogP contribution in [0.15, 0.2) is 9.98 Å². The minimum absolute atomic E-state index is 0. The summed E-state index contributed by atoms with van der Waals surface area (Å²) in [6, 6.07) is 0. The van der Waals surface area contributed by atoms with Crippen LogP contribution in [0.2, 0.25) is 0 Å². The molecule has 6 heteroatoms. The van der Waals surface area contributed by atoms with E-state index in [2.05, 4.69) is 22.2 Å². The number of unbranched alkanes of at least 4 members (excludes halogenated alkanes) is 4. The van der Waals surface area contributed by atoms with Crippen molar-refractivity contribution in [2.75, 3.05) is 13.6 Å². The predicted octanol–water partition coefficient (Wildman–Crippen LogP) is 2.50. The fourth-order valence-corrected chi connectivity index (χ4v) is 1.14. The molecule has 0 aromatic carbocycles. The summed E-state index contributed by atoms with van der Waals surface area (Å²) < 4.78 is 0. The lowest BCUT2D eigenvalue weighted by molar-refractivity contribution is 0.638. The second-order valence-electron chi connectivity index (χ2n) is 3.42. The van der Waals surface area contributed by atoms with E-state index in [-0.39, 0.29) is 27.3 Å². The van der Waals surface area contributed by atoms with E-state index < -0.39 is 0 Å². The highest BCUT2D eigenvalue weighted by atomic mass is 35.5. The summed E-state index contributed by atoms with van der Waals surface area (Å²) in [5.41, 5.74) is 11.0. The summed E-state index contributed by atoms with van der Waals surface area (Å²) >= 11 is 0. The van der Waals surface area contributed by atoms with Crippen molar-refractivity contribution in [3.8, 4) is 0 Å². The van der Waals surface area contributed by atoms with E-state index in [9.17, 15) is 0 Å². The molecule has 5 N–H and O–H groups in total. The van der Waals surface area contributed by atoms with E-state index >= 15 is 0 Å². The topological polar surface area (TPSA) is 88.8 Å². The van der Waals surface area contributed by atoms with Gasteiger partial charge in [0.05, 0.1) is 0 Å². The Morgan fingerprint density at radius 2 is 1.56 bits per heavy atom. The third kappa shape index (κ3) is 17.4. The Balaban J connectivity index is -0.000000327. The van der Waals surface area contributed by atoms with Crippen LogP contribution in [0.3, 0.4) is 0 Å². The van der Waals surface area contributed by atoms with Crippen LogP contribution >= 0.6 is 12.4 Å². The van der Waals surface area contributed by atoms with Crippen molar-refractivity contribution < 1.29 is 0 Å². The molecule has 0 amide bonds. The first kappa shape index (κ1) is 25.8. The number of aliphatic imine (C=N–C) groups is 2. The number of hydrogen-bond acceptors (Lipinski definition) is 2. The van der Waals surface area contributed by atoms with Gasteiger partial charge in [-0.1, -0.05) is 47.5 Å². The van der Waals surface area contributed by atoms with Gasteiger partial charge >= 0.3 is 0 Å². The minimum atomic E-state index is 0. The zero-order valence-corrected chi connectivity index (χ0v) is 11.0. The molecule has 18 heavy (non-hydrogen) atoms. The minimum Gasteiger partial charge on any atom is -0.370 e. The van der Waals surface area contributed by atoms with Crippen molar-refractivity contribution in [1.82, 2.24) is 5.32 Å². The van der Waals surface area contributed by atoms with Crippen LogP contribution in [0.4, 0.5) is 0 Å². The normalized spacial score (nSPS) is 10.8. The number of guanidine groups is 2. The van der Waals surface area contributed by atoms with Crippen molar-refractivity contribution >= 4 is 24.3 Å². The van der Waals surface area contributed by atoms with E-state index in [1.165, 1.54) is 25.7 Å². The molecular weight excluding hydrogens is 250 g/mol. The Hall–Kier alpha value is -0.970. The van der Waals surface area contributed by atoms with Crippen molar-refractivity contribution in [1.29, 1.82) is 0 Å². The number of halogens is 1. The highest BCUT2D eigenvalue weighted by Crippen LogP contribution is 2.01. The molecule has 5 nitrogen and oxygen atoms in total. The van der Waals surface area contributed by atoms with Crippen LogP contribution in [0.5, 0.6) is 0 Å². The van der Waals surface area contributed by atoms with Crippen molar-refractivity contribution in [2.45, 2.75) is 53.9 Å². The standard InChI is InChI=1S/C10H23N5.2CH4.ClH/c1-3-4-5-6-7-8-14-10(12)15-9(11)13-2;;;/h3-8H2,1-2H3,(H5,11,12,13,14,15);2*1H4;1H. The van der Waals surface area contributed by atoms with Gasteiger partial charge in [0, 0.05) is 13.6 Å². The molecule has 0 heterocycles. The van der Waals surface area contributed by atoms with Crippen molar-refractivity contribution in [3.63, 3.8) is 0 Å². The lowest BCUT2D eigenvalue weighted by Gasteiger charge is -2.03. The van der Waals surface area contributed by atoms with E-state index in [0.717, 1.165) is 13.0 Å². The second-order valence-corrected chi connectivity index (χ2v) is 3.42. The zero-order valence-electron chi connectivity index (χ0n) is 10.2. The summed E-state index contributed by atoms with van der Waals surface area (Å²) in [5, 5.41) is 2.69. The molecule has 0 atom stereocenters. The maximum atomic E-state index is 5.57. The van der Waals surface area contributed by atoms with Crippen molar-refractivity contribution in [3.05, 3.63) is 0 Å². The monoisotopic (exact) mass is 281 g/mol. The van der Waals surface area contributed by atoms with Gasteiger partial charge in [-0.3, -0.25) is 15.3 Å². The average Bonchev–Trinajstić information content (AvgIpc) is 2.23. The van der Waals surface area contributed by atoms with Crippen LogP contribution in [-0.2, 0) is 0 Å². The lowest BCUT2D eigenvalue weighted by Crippen LogP contribution is -2.41. The molecule has 0 bridgehead atoms. The van der Waals surface area contributed by atoms with Gasteiger partial charge < -0.3 is 11.5 Å². The highest BCUT2D eigenvalue weighted by molar-refractivity contribution is 5.96. The number of nitrogens with zero attached hydrogens (tertiary/aromatic N) is 2. The fraction of sp³-hybridized carbons (Fsp3) is 0.833. The Morgan fingerprint density at radius 3 is 2.06 bits per heavy atom. The molecule has 0 radical (unpaired) electrons. The van der Waals surface area contributed by atoms with Crippen LogP contribution in [0.1, 0.15) is 53.9 Å². The molecule has 0 fully saturated rings. The van der Waals surface area contributed by atoms with Crippen LogP contribution < -0.4 is 16.8 Å². The number of nitrogens with two attached hydrogens (primary N) is 2. The van der Waals surface area contributed by atoms with Gasteiger partial charge in [-0.05, 0) is 6.42 Å². The lowest BCUT2D eigenvalue weighted by atomic mass is 10.2. The van der Waals surface area contributed by atoms with Gasteiger partial charge in [-0.15, -0.1) is 12.4 Å². The Kier molecular flexibility index (Phi) is 26.3. The molecule has 0 aliphatic rings. The van der Waals surface area contributed by atoms with E-state index in [1.807, 2.05) is 0 Å². The maximum absolute atomic E-state index is 5.57. The smallest absolute Gasteiger partial charge is 0.195 e. The third-order valence-corrected chi connectivity index (χ3v) is 2.04. The molecule has 0 aromatic heterocycles. The van der Waals surface area contributed by atoms with Gasteiger partial charge in [-0.2, -0.15) is 0 Å². The molecule has 0 aliphatic heterocycles. The Bertz CT molecular complexity index is 217. The van der Waals surface area contributed by atoms with Crippen molar-refractivity contribution in [2.24, 2.45) is 21.5 Å². The highest BCUT2D eigenvalue weighted by Gasteiger charge is 1.93. The summed E-state index contributed by atoms with van der Waals surface area (Å²) in [5.74, 6) is 0.635. The molecular formula is C12H32ClN5. The Labute approximate surface area is 119 Å². The first-order valence-corrected chi connectivity index (χ1v) is 5.50. The SMILES string of the molecule is C.C.CCCCCCCN=C(N)NC(N)=NC.Cl. The third-order valence-electron chi connectivity index (χ3n) is 2.04. The van der Waals surface area contributed by atoms with E-state index in [4.69, 9.17) is 11.5 Å². The molecule has 0 saturated carbocycles. The molecule has 0 rings (SSSR count). The zero-order chi connectivity index (χ0) is 11.5. The summed E-state index contributed by atoms with van der Waals surface area (Å²) in [4.78, 5) is 7.85. The Morgan fingerprint density at radius 1 is 1.00 bits per heavy atom. The van der Waals surface area contributed by atoms with E-state index in [1.54, 1.807) is 7.05 Å². The first-order chi connectivity index (χ1) is 7.20. The molecule has 0 unspecified atom stereocenters. The van der Waals surface area contributed by atoms with Crippen LogP contribution in [-0.4, -0.2) is 25.5 Å². The number of rotatable bonds is 6. The number of hydrogen-bond donors (Lipinski definition) is 3. The molecule has 0 aliphatic carbocycles. The summed E-state index contributed by atoms with van der Waals surface area (Å²) in [7, 11) is 1.60. The number of nitrogens with one attached hydrogen (secondary N) is 1. The predicted molar refractivity (Wildman–Crippen MR) is 86.6 cm³/mol. The van der Waals surface area contributed by atoms with Gasteiger partial charge in [0.2, 0.25) is 0 Å². The molecule has 0 saturated heterocycles. The summed E-state index contributed by atoms with van der Waals surface area (Å²) in [6.45, 7) is 2.95. The van der Waals surface area contributed by atoms with Gasteiger partial charge in [0.1, 0.15) is 0 Å². The average molecular weight is 282 g/mol. The van der Waals surface area contributed by atoms with E-state index in [0.29, 0.717) is 11.9 Å². The maximum Gasteiger partial charge on any atom is 0.195 e. The van der Waals surface area contributed by atoms with Gasteiger partial charge in [-0.25, -0.2) is 0 Å². The molecule has 112 valence electrons. The second kappa shape index (κ2) is 18.4. The summed E-state index contributed by atoms with van der Waals surface area (Å²) in [6.07, 6.45) is 6.12. The largest absolute Gasteiger partial charge is 0.370 e. The van der Waals surface area contributed by atoms with Crippen LogP contribution in [0.25, 0.3) is 0 Å². The first-order valence-electron chi connectivity index (χ1n) is 5.50. The van der Waals surface area contributed by atoms with Gasteiger partial charge in [0.25, 0.3) is 0 Å². The molecule has 0 aromatic rings. The van der Waals surface area contributed by atoms with Gasteiger partial charge in [0.15, 0.2) is 11.9 Å². The van der Waals surface area contributed by atoms with Crippen LogP contribution in [0, 0.1) is 0 Å². The molecule has 0 spiro atoms.